The van der Waals surface area contributed by atoms with Gasteiger partial charge in [0.1, 0.15) is 11.3 Å². The summed E-state index contributed by atoms with van der Waals surface area (Å²) in [4.78, 5) is 23.6. The first kappa shape index (κ1) is 23.9. The number of amides is 1. The Kier molecular flexibility index (Phi) is 8.14. The number of aromatic nitrogens is 3. The van der Waals surface area contributed by atoms with Crippen molar-refractivity contribution in [3.63, 3.8) is 0 Å². The van der Waals surface area contributed by atoms with Crippen molar-refractivity contribution in [2.45, 2.75) is 46.6 Å². The van der Waals surface area contributed by atoms with Gasteiger partial charge in [0.25, 0.3) is 0 Å². The lowest BCUT2D eigenvalue weighted by atomic mass is 10.1. The van der Waals surface area contributed by atoms with Crippen LogP contribution in [0.4, 0.5) is 5.82 Å². The van der Waals surface area contributed by atoms with Crippen LogP contribution >= 0.6 is 0 Å². The molecule has 0 saturated carbocycles. The molecule has 164 valence electrons. The summed E-state index contributed by atoms with van der Waals surface area (Å²) in [6.45, 7) is 17.9. The number of aromatic amines is 1. The van der Waals surface area contributed by atoms with Crippen LogP contribution in [0.15, 0.2) is 49.6 Å². The van der Waals surface area contributed by atoms with E-state index in [0.717, 1.165) is 57.9 Å². The third kappa shape index (κ3) is 6.04. The van der Waals surface area contributed by atoms with Gasteiger partial charge >= 0.3 is 0 Å². The Balaban J connectivity index is 0.00000107. The smallest absolute Gasteiger partial charge is 0.207 e. The van der Waals surface area contributed by atoms with Gasteiger partial charge in [0, 0.05) is 29.9 Å². The van der Waals surface area contributed by atoms with Crippen molar-refractivity contribution in [2.24, 2.45) is 0 Å². The van der Waals surface area contributed by atoms with Gasteiger partial charge < -0.3 is 15.6 Å². The molecule has 6 nitrogen and oxygen atoms in total. The number of hydrogen-bond donors (Lipinski definition) is 3. The number of carbonyl (C=O) groups is 1. The molecule has 1 aromatic carbocycles. The monoisotopic (exact) mass is 419 g/mol. The van der Waals surface area contributed by atoms with Crippen LogP contribution < -0.4 is 10.6 Å². The molecule has 3 aromatic rings. The van der Waals surface area contributed by atoms with Crippen LogP contribution in [0.3, 0.4) is 0 Å². The van der Waals surface area contributed by atoms with Crippen molar-refractivity contribution >= 4 is 23.3 Å². The molecule has 0 fully saturated rings. The van der Waals surface area contributed by atoms with E-state index in [-0.39, 0.29) is 5.54 Å². The van der Waals surface area contributed by atoms with Gasteiger partial charge in [-0.2, -0.15) is 0 Å². The summed E-state index contributed by atoms with van der Waals surface area (Å²) in [6.07, 6.45) is 5.08. The van der Waals surface area contributed by atoms with Gasteiger partial charge in [-0.1, -0.05) is 24.3 Å². The lowest BCUT2D eigenvalue weighted by Crippen LogP contribution is -2.28. The topological polar surface area (TPSA) is 82.7 Å². The summed E-state index contributed by atoms with van der Waals surface area (Å²) in [5, 5.41) is 6.12. The molecule has 2 aromatic heterocycles. The van der Waals surface area contributed by atoms with Crippen LogP contribution in [0.1, 0.15) is 37.7 Å². The number of nitrogens with one attached hydrogen (secondary N) is 3. The van der Waals surface area contributed by atoms with Crippen LogP contribution in [-0.4, -0.2) is 33.4 Å². The zero-order chi connectivity index (χ0) is 23.0. The van der Waals surface area contributed by atoms with Crippen LogP contribution in [0, 0.1) is 13.8 Å². The van der Waals surface area contributed by atoms with Gasteiger partial charge in [-0.05, 0) is 52.3 Å². The molecule has 0 aliphatic heterocycles. The number of aryl methyl sites for hydroxylation is 2. The number of H-pyrrole nitrogens is 1. The molecule has 3 rings (SSSR count). The van der Waals surface area contributed by atoms with Crippen LogP contribution in [0.2, 0.25) is 0 Å². The highest BCUT2D eigenvalue weighted by Gasteiger charge is 2.17. The Morgan fingerprint density at radius 2 is 1.90 bits per heavy atom. The van der Waals surface area contributed by atoms with Crippen molar-refractivity contribution in [3.8, 4) is 11.3 Å². The fourth-order valence-corrected chi connectivity index (χ4v) is 3.12. The summed E-state index contributed by atoms with van der Waals surface area (Å²) >= 11 is 0. The molecule has 0 spiro atoms. The maximum Gasteiger partial charge on any atom is 0.207 e. The molecule has 3 N–H and O–H groups in total. The van der Waals surface area contributed by atoms with Gasteiger partial charge in [-0.3, -0.25) is 4.79 Å². The molecule has 0 bridgehead atoms. The summed E-state index contributed by atoms with van der Waals surface area (Å²) < 4.78 is 0. The molecule has 6 heteroatoms. The minimum Gasteiger partial charge on any atom is -0.360 e. The van der Waals surface area contributed by atoms with E-state index in [1.807, 2.05) is 52.0 Å². The number of anilines is 1. The van der Waals surface area contributed by atoms with E-state index in [2.05, 4.69) is 41.8 Å². The fraction of sp³-hybridized carbons (Fsp3) is 0.320. The molecule has 2 heterocycles. The summed E-state index contributed by atoms with van der Waals surface area (Å²) in [7, 11) is 0. The lowest BCUT2D eigenvalue weighted by Gasteiger charge is -2.23. The summed E-state index contributed by atoms with van der Waals surface area (Å²) in [6, 6.07) is 8.14. The van der Waals surface area contributed by atoms with Gasteiger partial charge in [0.2, 0.25) is 6.41 Å². The zero-order valence-electron chi connectivity index (χ0n) is 19.2. The molecule has 0 aliphatic rings. The quantitative estimate of drug-likeness (QED) is 0.269. The van der Waals surface area contributed by atoms with Gasteiger partial charge in [0.05, 0.1) is 16.7 Å². The minimum absolute atomic E-state index is 0.288. The fourth-order valence-electron chi connectivity index (χ4n) is 3.12. The highest BCUT2D eigenvalue weighted by molar-refractivity contribution is 5.91. The van der Waals surface area contributed by atoms with Crippen molar-refractivity contribution in [3.05, 3.63) is 66.5 Å². The normalized spacial score (nSPS) is 10.7. The van der Waals surface area contributed by atoms with Crippen molar-refractivity contribution in [1.82, 2.24) is 20.3 Å². The third-order valence-corrected chi connectivity index (χ3v) is 4.84. The molecule has 0 aliphatic carbocycles. The first-order valence-corrected chi connectivity index (χ1v) is 10.4. The van der Waals surface area contributed by atoms with Crippen molar-refractivity contribution in [2.75, 3.05) is 11.9 Å². The molecular formula is C25H33N5O. The Morgan fingerprint density at radius 3 is 2.55 bits per heavy atom. The average molecular weight is 420 g/mol. The Hall–Kier alpha value is -3.41. The van der Waals surface area contributed by atoms with Crippen molar-refractivity contribution < 1.29 is 4.79 Å². The highest BCUT2D eigenvalue weighted by Crippen LogP contribution is 2.30. The van der Waals surface area contributed by atoms with Crippen LogP contribution in [0.5, 0.6) is 0 Å². The molecular weight excluding hydrogens is 386 g/mol. The number of carbonyl (C=O) groups excluding carboxylic acids is 1. The molecule has 0 atom stereocenters. The SMILES string of the molecule is C=CC.C=CC(C)(C)Nc1nc2c(-c3cc(C)c(CCNC=O)[nH]3)cccc2nc1C. The average Bonchev–Trinajstić information content (AvgIpc) is 3.09. The number of fused-ring (bicyclic) bond motifs is 1. The first-order chi connectivity index (χ1) is 14.8. The molecule has 0 unspecified atom stereocenters. The van der Waals surface area contributed by atoms with E-state index in [1.54, 1.807) is 6.08 Å². The third-order valence-electron chi connectivity index (χ3n) is 4.84. The standard InChI is InChI=1S/C22H27N5O.C3H6/c1-6-22(4,5)27-21-15(3)24-18-9-7-8-16(20(18)26-21)19-12-14(2)17(25-19)10-11-23-13-28;1-3-2/h6-9,12-13,25H,1,10-11H2,2-5H3,(H,23,28)(H,26,27);3H,1H2,2H3. The maximum atomic E-state index is 10.5. The Labute approximate surface area is 184 Å². The molecule has 0 radical (unpaired) electrons. The van der Waals surface area contributed by atoms with E-state index in [1.165, 1.54) is 0 Å². The zero-order valence-corrected chi connectivity index (χ0v) is 19.2. The maximum absolute atomic E-state index is 10.5. The second kappa shape index (κ2) is 10.6. The van der Waals surface area contributed by atoms with Crippen molar-refractivity contribution in [1.29, 1.82) is 0 Å². The summed E-state index contributed by atoms with van der Waals surface area (Å²) in [5.41, 5.74) is 6.52. The highest BCUT2D eigenvalue weighted by atomic mass is 16.1. The van der Waals surface area contributed by atoms with Gasteiger partial charge in [0.15, 0.2) is 0 Å². The van der Waals surface area contributed by atoms with Crippen LogP contribution in [0.25, 0.3) is 22.3 Å². The predicted molar refractivity (Wildman–Crippen MR) is 130 cm³/mol. The number of rotatable bonds is 8. The number of para-hydroxylation sites is 1. The predicted octanol–water partition coefficient (Wildman–Crippen LogP) is 5.10. The van der Waals surface area contributed by atoms with Gasteiger partial charge in [-0.25, -0.2) is 9.97 Å². The number of benzene rings is 1. The van der Waals surface area contributed by atoms with E-state index >= 15 is 0 Å². The second-order valence-corrected chi connectivity index (χ2v) is 7.96. The first-order valence-electron chi connectivity index (χ1n) is 10.4. The van der Waals surface area contributed by atoms with E-state index < -0.39 is 0 Å². The molecule has 0 saturated heterocycles. The minimum atomic E-state index is -0.288. The number of hydrogen-bond acceptors (Lipinski definition) is 4. The van der Waals surface area contributed by atoms with E-state index in [4.69, 9.17) is 9.97 Å². The second-order valence-electron chi connectivity index (χ2n) is 7.96. The van der Waals surface area contributed by atoms with Crippen LogP contribution in [-0.2, 0) is 11.2 Å². The lowest BCUT2D eigenvalue weighted by molar-refractivity contribution is -0.109. The largest absolute Gasteiger partial charge is 0.360 e. The Bertz CT molecular complexity index is 1070. The van der Waals surface area contributed by atoms with E-state index in [0.29, 0.717) is 6.54 Å². The number of nitrogens with zero attached hydrogens (tertiary/aromatic N) is 2. The number of allylic oxidation sites excluding steroid dienone is 1. The Morgan fingerprint density at radius 1 is 1.19 bits per heavy atom. The molecule has 1 amide bonds. The summed E-state index contributed by atoms with van der Waals surface area (Å²) in [5.74, 6) is 0.753. The molecule has 31 heavy (non-hydrogen) atoms. The van der Waals surface area contributed by atoms with Gasteiger partial charge in [-0.15, -0.1) is 13.2 Å². The van der Waals surface area contributed by atoms with E-state index in [9.17, 15) is 4.79 Å².